The average molecular weight is 918 g/mol. The van der Waals surface area contributed by atoms with Gasteiger partial charge in [0.05, 0.1) is 19.8 Å². The summed E-state index contributed by atoms with van der Waals surface area (Å²) < 4.78 is 33.6. The fourth-order valence-corrected chi connectivity index (χ4v) is 7.95. The Kier molecular flexibility index (Phi) is 50.2. The van der Waals surface area contributed by atoms with Crippen molar-refractivity contribution < 1.29 is 32.8 Å². The second-order valence-corrected chi connectivity index (χ2v) is 18.8. The van der Waals surface area contributed by atoms with Gasteiger partial charge in [0.2, 0.25) is 0 Å². The number of hydrogen-bond acceptors (Lipinski definition) is 7. The van der Waals surface area contributed by atoms with Gasteiger partial charge in [-0.1, -0.05) is 209 Å². The molecule has 0 bridgehead atoms. The number of phosphoric ester groups is 1. The van der Waals surface area contributed by atoms with Crippen molar-refractivity contribution in [2.24, 2.45) is 5.73 Å². The van der Waals surface area contributed by atoms with Gasteiger partial charge < -0.3 is 20.1 Å². The summed E-state index contributed by atoms with van der Waals surface area (Å²) in [6.45, 7) is 4.87. The summed E-state index contributed by atoms with van der Waals surface area (Å²) in [7, 11) is -4.29. The Bertz CT molecular complexity index is 1210. The highest BCUT2D eigenvalue weighted by molar-refractivity contribution is 7.47. The Morgan fingerprint density at radius 2 is 0.828 bits per heavy atom. The third-order valence-corrected chi connectivity index (χ3v) is 12.1. The Morgan fingerprint density at radius 1 is 0.469 bits per heavy atom. The van der Waals surface area contributed by atoms with E-state index in [2.05, 4.69) is 86.8 Å². The van der Waals surface area contributed by atoms with Crippen LogP contribution in [0, 0.1) is 0 Å². The molecule has 0 aliphatic heterocycles. The number of ether oxygens (including phenoxy) is 2. The van der Waals surface area contributed by atoms with E-state index in [1.54, 1.807) is 0 Å². The molecule has 0 amide bonds. The molecule has 2 unspecified atom stereocenters. The molecule has 0 saturated heterocycles. The zero-order valence-electron chi connectivity index (χ0n) is 41.5. The highest BCUT2D eigenvalue weighted by atomic mass is 31.2. The first kappa shape index (κ1) is 61.9. The third-order valence-electron chi connectivity index (χ3n) is 11.1. The number of hydrogen-bond donors (Lipinski definition) is 2. The van der Waals surface area contributed by atoms with Crippen molar-refractivity contribution in [3.05, 3.63) is 72.9 Å². The summed E-state index contributed by atoms with van der Waals surface area (Å²) in [5, 5.41) is 0. The van der Waals surface area contributed by atoms with Crippen LogP contribution in [-0.2, 0) is 27.9 Å². The minimum absolute atomic E-state index is 0.0945. The zero-order valence-corrected chi connectivity index (χ0v) is 42.4. The van der Waals surface area contributed by atoms with Crippen molar-refractivity contribution in [3.63, 3.8) is 0 Å². The molecule has 0 aromatic rings. The first-order valence-corrected chi connectivity index (χ1v) is 27.9. The SMILES string of the molecule is CCCCC/C=C\C/C=C\C/C=C\CCCCCCCCC(=O)OC(COCCCCCCCCCCCCC/C=C\C/C=C\C/C=C\CCCCCCC)COP(=O)(O)OCCN. The summed E-state index contributed by atoms with van der Waals surface area (Å²) >= 11 is 0. The number of carbonyl (C=O) groups excluding carboxylic acids is 1. The van der Waals surface area contributed by atoms with Gasteiger partial charge in [-0.25, -0.2) is 4.57 Å². The highest BCUT2D eigenvalue weighted by Crippen LogP contribution is 2.43. The maximum atomic E-state index is 12.7. The van der Waals surface area contributed by atoms with Gasteiger partial charge >= 0.3 is 13.8 Å². The summed E-state index contributed by atoms with van der Waals surface area (Å²) in [4.78, 5) is 22.6. The van der Waals surface area contributed by atoms with E-state index < -0.39 is 13.9 Å². The van der Waals surface area contributed by atoms with Crippen LogP contribution in [0.2, 0.25) is 0 Å². The molecular formula is C55H100NO7P. The van der Waals surface area contributed by atoms with E-state index in [4.69, 9.17) is 24.3 Å². The van der Waals surface area contributed by atoms with Crippen LogP contribution >= 0.6 is 7.82 Å². The highest BCUT2D eigenvalue weighted by Gasteiger charge is 2.25. The molecule has 0 fully saturated rings. The molecule has 0 aromatic heterocycles. The molecule has 0 aliphatic carbocycles. The zero-order chi connectivity index (χ0) is 46.5. The number of esters is 1. The number of unbranched alkanes of at least 4 members (excludes halogenated alkanes) is 25. The van der Waals surface area contributed by atoms with Gasteiger partial charge in [0.1, 0.15) is 6.10 Å². The lowest BCUT2D eigenvalue weighted by atomic mass is 10.1. The monoisotopic (exact) mass is 918 g/mol. The summed E-state index contributed by atoms with van der Waals surface area (Å²) in [6.07, 6.45) is 66.5. The quantitative estimate of drug-likeness (QED) is 0.0268. The van der Waals surface area contributed by atoms with Crippen LogP contribution in [-0.4, -0.2) is 49.9 Å². The molecule has 8 nitrogen and oxygen atoms in total. The van der Waals surface area contributed by atoms with E-state index >= 15 is 0 Å². The Labute approximate surface area is 395 Å². The van der Waals surface area contributed by atoms with Gasteiger partial charge in [0.25, 0.3) is 0 Å². The number of phosphoric acid groups is 1. The number of rotatable bonds is 50. The minimum atomic E-state index is -4.29. The maximum absolute atomic E-state index is 12.7. The molecule has 64 heavy (non-hydrogen) atoms. The first-order chi connectivity index (χ1) is 31.4. The second kappa shape index (κ2) is 51.9. The van der Waals surface area contributed by atoms with Gasteiger partial charge in [-0.2, -0.15) is 0 Å². The largest absolute Gasteiger partial charge is 0.472 e. The molecule has 0 heterocycles. The minimum Gasteiger partial charge on any atom is -0.457 e. The topological polar surface area (TPSA) is 117 Å². The fourth-order valence-electron chi connectivity index (χ4n) is 7.19. The molecule has 0 aliphatic rings. The molecule has 372 valence electrons. The normalized spacial score (nSPS) is 13.9. The molecule has 2 atom stereocenters. The Hall–Kier alpha value is -2.06. The van der Waals surface area contributed by atoms with Crippen LogP contribution in [0.1, 0.15) is 232 Å². The molecular weight excluding hydrogens is 818 g/mol. The number of allylic oxidation sites excluding steroid dienone is 12. The molecule has 0 spiro atoms. The van der Waals surface area contributed by atoms with Crippen molar-refractivity contribution in [2.45, 2.75) is 238 Å². The van der Waals surface area contributed by atoms with Crippen LogP contribution < -0.4 is 5.73 Å². The standard InChI is InChI=1S/C55H100NO7P/c1-3-5-7-9-11-13-15-17-19-21-23-24-25-26-27-28-29-31-33-35-37-39-41-43-45-47-50-60-52-54(53-62-64(58,59)61-51-49-56)63-55(57)48-46-44-42-40-38-36-34-32-30-22-20-18-16-14-12-10-8-6-4-2/h12,14-15,17-18,20-21,23,25-26,30,32,54H,3-11,13,16,19,22,24,27-29,31,33-53,56H2,1-2H3,(H,58,59)/b14-12-,17-15-,20-18-,23-21-,26-25-,32-30-. The van der Waals surface area contributed by atoms with Crippen molar-refractivity contribution in [2.75, 3.05) is 33.0 Å². The smallest absolute Gasteiger partial charge is 0.457 e. The lowest BCUT2D eigenvalue weighted by Crippen LogP contribution is -2.28. The predicted molar refractivity (Wildman–Crippen MR) is 275 cm³/mol. The average Bonchev–Trinajstić information content (AvgIpc) is 3.29. The van der Waals surface area contributed by atoms with E-state index in [1.165, 1.54) is 141 Å². The van der Waals surface area contributed by atoms with Gasteiger partial charge in [0, 0.05) is 19.6 Å². The van der Waals surface area contributed by atoms with Crippen molar-refractivity contribution in [3.8, 4) is 0 Å². The fraction of sp³-hybridized carbons (Fsp3) is 0.764. The molecule has 3 N–H and O–H groups in total. The number of carbonyl (C=O) groups is 1. The van der Waals surface area contributed by atoms with Crippen molar-refractivity contribution in [1.29, 1.82) is 0 Å². The summed E-state index contributed by atoms with van der Waals surface area (Å²) in [5.74, 6) is -0.344. The van der Waals surface area contributed by atoms with E-state index in [0.717, 1.165) is 70.6 Å². The van der Waals surface area contributed by atoms with Crippen molar-refractivity contribution >= 4 is 13.8 Å². The van der Waals surface area contributed by atoms with Gasteiger partial charge in [0.15, 0.2) is 0 Å². The second-order valence-electron chi connectivity index (χ2n) is 17.4. The van der Waals surface area contributed by atoms with Gasteiger partial charge in [-0.15, -0.1) is 0 Å². The molecule has 0 saturated carbocycles. The van der Waals surface area contributed by atoms with Gasteiger partial charge in [-0.3, -0.25) is 13.8 Å². The summed E-state index contributed by atoms with van der Waals surface area (Å²) in [5.41, 5.74) is 5.39. The van der Waals surface area contributed by atoms with Crippen LogP contribution in [0.5, 0.6) is 0 Å². The molecule has 0 rings (SSSR count). The van der Waals surface area contributed by atoms with E-state index in [9.17, 15) is 14.3 Å². The third kappa shape index (κ3) is 50.9. The predicted octanol–water partition coefficient (Wildman–Crippen LogP) is 16.6. The molecule has 0 radical (unpaired) electrons. The van der Waals surface area contributed by atoms with Crippen LogP contribution in [0.3, 0.4) is 0 Å². The van der Waals surface area contributed by atoms with E-state index in [1.807, 2.05) is 0 Å². The Morgan fingerprint density at radius 3 is 1.27 bits per heavy atom. The van der Waals surface area contributed by atoms with Gasteiger partial charge in [-0.05, 0) is 89.9 Å². The van der Waals surface area contributed by atoms with Crippen LogP contribution in [0.25, 0.3) is 0 Å². The molecule has 0 aromatic carbocycles. The summed E-state index contributed by atoms with van der Waals surface area (Å²) in [6, 6.07) is 0. The van der Waals surface area contributed by atoms with E-state index in [0.29, 0.717) is 13.0 Å². The van der Waals surface area contributed by atoms with Crippen LogP contribution in [0.4, 0.5) is 0 Å². The maximum Gasteiger partial charge on any atom is 0.472 e. The first-order valence-electron chi connectivity index (χ1n) is 26.4. The number of nitrogens with two attached hydrogens (primary N) is 1. The van der Waals surface area contributed by atoms with E-state index in [-0.39, 0.29) is 32.3 Å². The Balaban J connectivity index is 3.96. The lowest BCUT2D eigenvalue weighted by molar-refractivity contribution is -0.154. The van der Waals surface area contributed by atoms with Crippen molar-refractivity contribution in [1.82, 2.24) is 0 Å². The van der Waals surface area contributed by atoms with Crippen LogP contribution in [0.15, 0.2) is 72.9 Å². The molecule has 9 heteroatoms. The lowest BCUT2D eigenvalue weighted by Gasteiger charge is -2.20.